The lowest BCUT2D eigenvalue weighted by Crippen LogP contribution is -2.45. The first-order chi connectivity index (χ1) is 11.1. The number of aromatic nitrogens is 4. The maximum atomic E-state index is 5.87. The molecule has 0 amide bonds. The molecule has 1 aliphatic rings. The summed E-state index contributed by atoms with van der Waals surface area (Å²) >= 11 is 0. The van der Waals surface area contributed by atoms with Gasteiger partial charge in [-0.3, -0.25) is 4.68 Å². The van der Waals surface area contributed by atoms with Gasteiger partial charge in [0.15, 0.2) is 5.82 Å². The zero-order valence-electron chi connectivity index (χ0n) is 13.8. The van der Waals surface area contributed by atoms with Crippen LogP contribution in [0.4, 0.5) is 5.82 Å². The molecule has 1 fully saturated rings. The molecule has 0 saturated carbocycles. The second-order valence-electron chi connectivity index (χ2n) is 6.03. The number of rotatable bonds is 5. The summed E-state index contributed by atoms with van der Waals surface area (Å²) in [4.78, 5) is 11.0. The highest BCUT2D eigenvalue weighted by Crippen LogP contribution is 2.25. The zero-order chi connectivity index (χ0) is 16.2. The number of anilines is 1. The van der Waals surface area contributed by atoms with Crippen molar-refractivity contribution in [3.05, 3.63) is 30.4 Å². The van der Waals surface area contributed by atoms with E-state index in [9.17, 15) is 0 Å². The highest BCUT2D eigenvalue weighted by atomic mass is 16.5. The largest absolute Gasteiger partial charge is 0.472 e. The number of hydrogen-bond donors (Lipinski definition) is 0. The molecule has 3 heterocycles. The molecule has 0 spiro atoms. The van der Waals surface area contributed by atoms with Gasteiger partial charge in [0, 0.05) is 31.7 Å². The van der Waals surface area contributed by atoms with Gasteiger partial charge in [-0.15, -0.1) is 0 Å². The molecule has 124 valence electrons. The minimum Gasteiger partial charge on any atom is -0.472 e. The minimum atomic E-state index is 0.0642. The standard InChI is InChI=1S/C16H23N5O2/c1-12(2)23-16-15(17-4-5-18-16)20-6-7-22-14(10-20)11-21-9-13(3)8-19-21/h4-5,8-9,12,14H,6-7,10-11H2,1-3H3. The van der Waals surface area contributed by atoms with Crippen LogP contribution in [0.1, 0.15) is 19.4 Å². The molecule has 23 heavy (non-hydrogen) atoms. The number of hydrogen-bond acceptors (Lipinski definition) is 6. The van der Waals surface area contributed by atoms with Crippen molar-refractivity contribution >= 4 is 5.82 Å². The van der Waals surface area contributed by atoms with E-state index >= 15 is 0 Å². The molecule has 7 nitrogen and oxygen atoms in total. The Labute approximate surface area is 136 Å². The van der Waals surface area contributed by atoms with Crippen molar-refractivity contribution in [2.45, 2.75) is 39.5 Å². The van der Waals surface area contributed by atoms with Gasteiger partial charge in [0.1, 0.15) is 0 Å². The first-order valence-electron chi connectivity index (χ1n) is 7.95. The Hall–Kier alpha value is -2.15. The lowest BCUT2D eigenvalue weighted by molar-refractivity contribution is 0.0269. The molecule has 1 saturated heterocycles. The van der Waals surface area contributed by atoms with Gasteiger partial charge in [-0.2, -0.15) is 5.10 Å². The Morgan fingerprint density at radius 3 is 2.91 bits per heavy atom. The van der Waals surface area contributed by atoms with E-state index in [2.05, 4.69) is 20.0 Å². The van der Waals surface area contributed by atoms with Crippen LogP contribution in [0.15, 0.2) is 24.8 Å². The zero-order valence-corrected chi connectivity index (χ0v) is 13.8. The van der Waals surface area contributed by atoms with Crippen LogP contribution in [0.3, 0.4) is 0 Å². The van der Waals surface area contributed by atoms with E-state index in [1.165, 1.54) is 0 Å². The molecule has 3 rings (SSSR count). The van der Waals surface area contributed by atoms with Gasteiger partial charge in [0.25, 0.3) is 5.88 Å². The Kier molecular flexibility index (Phi) is 4.76. The van der Waals surface area contributed by atoms with Gasteiger partial charge in [-0.1, -0.05) is 0 Å². The van der Waals surface area contributed by atoms with Gasteiger partial charge in [-0.05, 0) is 26.3 Å². The maximum absolute atomic E-state index is 5.87. The molecule has 1 aliphatic heterocycles. The monoisotopic (exact) mass is 317 g/mol. The average molecular weight is 317 g/mol. The maximum Gasteiger partial charge on any atom is 0.257 e. The fourth-order valence-electron chi connectivity index (χ4n) is 2.64. The van der Waals surface area contributed by atoms with E-state index < -0.39 is 0 Å². The van der Waals surface area contributed by atoms with Crippen LogP contribution in [0.2, 0.25) is 0 Å². The fourth-order valence-corrected chi connectivity index (χ4v) is 2.64. The second-order valence-corrected chi connectivity index (χ2v) is 6.03. The Balaban J connectivity index is 1.71. The topological polar surface area (TPSA) is 65.3 Å². The SMILES string of the molecule is Cc1cnn(CC2CN(c3nccnc3OC(C)C)CCO2)c1. The summed E-state index contributed by atoms with van der Waals surface area (Å²) in [5.41, 5.74) is 1.15. The van der Waals surface area contributed by atoms with Crippen LogP contribution >= 0.6 is 0 Å². The average Bonchev–Trinajstić information content (AvgIpc) is 2.92. The van der Waals surface area contributed by atoms with Crippen molar-refractivity contribution in [3.63, 3.8) is 0 Å². The number of ether oxygens (including phenoxy) is 2. The lowest BCUT2D eigenvalue weighted by Gasteiger charge is -2.34. The second kappa shape index (κ2) is 6.95. The Morgan fingerprint density at radius 1 is 1.35 bits per heavy atom. The van der Waals surface area contributed by atoms with Crippen molar-refractivity contribution in [2.75, 3.05) is 24.6 Å². The molecule has 1 unspecified atom stereocenters. The van der Waals surface area contributed by atoms with Crippen LogP contribution in [-0.2, 0) is 11.3 Å². The summed E-state index contributed by atoms with van der Waals surface area (Å²) in [6.07, 6.45) is 7.37. The number of nitrogens with zero attached hydrogens (tertiary/aromatic N) is 5. The molecular weight excluding hydrogens is 294 g/mol. The van der Waals surface area contributed by atoms with Gasteiger partial charge in [0.2, 0.25) is 0 Å². The smallest absolute Gasteiger partial charge is 0.257 e. The van der Waals surface area contributed by atoms with Crippen LogP contribution in [0.25, 0.3) is 0 Å². The lowest BCUT2D eigenvalue weighted by atomic mass is 10.2. The normalized spacial score (nSPS) is 18.4. The third kappa shape index (κ3) is 3.98. The van der Waals surface area contributed by atoms with Crippen LogP contribution in [0.5, 0.6) is 5.88 Å². The van der Waals surface area contributed by atoms with Crippen molar-refractivity contribution in [1.82, 2.24) is 19.7 Å². The first-order valence-corrected chi connectivity index (χ1v) is 7.95. The highest BCUT2D eigenvalue weighted by molar-refractivity contribution is 5.48. The van der Waals surface area contributed by atoms with E-state index in [4.69, 9.17) is 9.47 Å². The third-order valence-corrected chi connectivity index (χ3v) is 3.59. The fraction of sp³-hybridized carbons (Fsp3) is 0.562. The molecule has 1 atom stereocenters. The van der Waals surface area contributed by atoms with E-state index in [-0.39, 0.29) is 12.2 Å². The summed E-state index contributed by atoms with van der Waals surface area (Å²) < 4.78 is 13.6. The first kappa shape index (κ1) is 15.7. The Bertz CT molecular complexity index is 643. The van der Waals surface area contributed by atoms with Gasteiger partial charge in [-0.25, -0.2) is 9.97 Å². The molecule has 0 radical (unpaired) electrons. The summed E-state index contributed by atoms with van der Waals surface area (Å²) in [7, 11) is 0. The molecule has 7 heteroatoms. The van der Waals surface area contributed by atoms with Crippen molar-refractivity contribution in [1.29, 1.82) is 0 Å². The third-order valence-electron chi connectivity index (χ3n) is 3.59. The quantitative estimate of drug-likeness (QED) is 0.836. The van der Waals surface area contributed by atoms with Crippen LogP contribution < -0.4 is 9.64 Å². The molecular formula is C16H23N5O2. The predicted molar refractivity (Wildman–Crippen MR) is 86.7 cm³/mol. The van der Waals surface area contributed by atoms with E-state index in [0.717, 1.165) is 31.0 Å². The van der Waals surface area contributed by atoms with Crippen LogP contribution in [-0.4, -0.2) is 51.7 Å². The molecule has 2 aromatic rings. The minimum absolute atomic E-state index is 0.0642. The Morgan fingerprint density at radius 2 is 2.17 bits per heavy atom. The van der Waals surface area contributed by atoms with Crippen molar-refractivity contribution in [2.24, 2.45) is 0 Å². The summed E-state index contributed by atoms with van der Waals surface area (Å²) in [5, 5.41) is 4.33. The summed E-state index contributed by atoms with van der Waals surface area (Å²) in [6.45, 7) is 8.91. The van der Waals surface area contributed by atoms with Gasteiger partial charge in [0.05, 0.1) is 31.6 Å². The molecule has 0 aliphatic carbocycles. The van der Waals surface area contributed by atoms with Crippen molar-refractivity contribution < 1.29 is 9.47 Å². The highest BCUT2D eigenvalue weighted by Gasteiger charge is 2.25. The number of aryl methyl sites for hydroxylation is 1. The predicted octanol–water partition coefficient (Wildman–Crippen LogP) is 1.67. The molecule has 0 aromatic carbocycles. The summed E-state index contributed by atoms with van der Waals surface area (Å²) in [5.74, 6) is 1.37. The van der Waals surface area contributed by atoms with Crippen LogP contribution in [0, 0.1) is 6.92 Å². The molecule has 2 aromatic heterocycles. The van der Waals surface area contributed by atoms with E-state index in [0.29, 0.717) is 12.5 Å². The summed E-state index contributed by atoms with van der Waals surface area (Å²) in [6, 6.07) is 0. The van der Waals surface area contributed by atoms with E-state index in [1.54, 1.807) is 12.4 Å². The van der Waals surface area contributed by atoms with Crippen molar-refractivity contribution in [3.8, 4) is 5.88 Å². The van der Waals surface area contributed by atoms with Gasteiger partial charge >= 0.3 is 0 Å². The number of morpholine rings is 1. The van der Waals surface area contributed by atoms with E-state index in [1.807, 2.05) is 37.8 Å². The molecule has 0 bridgehead atoms. The molecule has 0 N–H and O–H groups in total. The van der Waals surface area contributed by atoms with Gasteiger partial charge < -0.3 is 14.4 Å².